The van der Waals surface area contributed by atoms with Gasteiger partial charge in [0.1, 0.15) is 0 Å². The minimum Gasteiger partial charge on any atom is -0.377 e. The van der Waals surface area contributed by atoms with Crippen molar-refractivity contribution in [2.24, 2.45) is 5.14 Å². The largest absolute Gasteiger partial charge is 0.377 e. The fraction of sp³-hybridized carbons (Fsp3) is 0.600. The van der Waals surface area contributed by atoms with E-state index in [1.807, 2.05) is 6.07 Å². The van der Waals surface area contributed by atoms with Crippen molar-refractivity contribution < 1.29 is 13.2 Å². The summed E-state index contributed by atoms with van der Waals surface area (Å²) in [6.45, 7) is 3.70. The van der Waals surface area contributed by atoms with Crippen LogP contribution in [0, 0.1) is 0 Å². The predicted molar refractivity (Wildman–Crippen MR) is 82.4 cm³/mol. The number of rotatable bonds is 6. The predicted octanol–water partition coefficient (Wildman–Crippen LogP) is 1.94. The third-order valence-corrected chi connectivity index (χ3v) is 4.77. The Bertz CT molecular complexity index is 554. The van der Waals surface area contributed by atoms with Gasteiger partial charge in [-0.15, -0.1) is 0 Å². The summed E-state index contributed by atoms with van der Waals surface area (Å²) in [7, 11) is -3.65. The quantitative estimate of drug-likeness (QED) is 0.841. The molecule has 3 N–H and O–H groups in total. The lowest BCUT2D eigenvalue weighted by atomic mass is 10.0. The fourth-order valence-corrected chi connectivity index (χ4v) is 3.22. The van der Waals surface area contributed by atoms with Gasteiger partial charge in [-0.1, -0.05) is 19.1 Å². The van der Waals surface area contributed by atoms with Gasteiger partial charge in [0.15, 0.2) is 0 Å². The van der Waals surface area contributed by atoms with E-state index in [4.69, 9.17) is 9.88 Å². The van der Waals surface area contributed by atoms with Gasteiger partial charge >= 0.3 is 0 Å². The Morgan fingerprint density at radius 1 is 1.43 bits per heavy atom. The molecule has 6 heteroatoms. The molecule has 1 aromatic rings. The lowest BCUT2D eigenvalue weighted by Crippen LogP contribution is -2.34. The van der Waals surface area contributed by atoms with Gasteiger partial charge in [0.05, 0.1) is 11.0 Å². The maximum absolute atomic E-state index is 11.4. The Balaban J connectivity index is 2.03. The number of ether oxygens (including phenoxy) is 1. The smallest absolute Gasteiger partial charge is 0.238 e. The van der Waals surface area contributed by atoms with Crippen molar-refractivity contribution in [3.63, 3.8) is 0 Å². The lowest BCUT2D eigenvalue weighted by molar-refractivity contribution is 0.0152. The molecule has 0 unspecified atom stereocenters. The number of primary sulfonamides is 1. The van der Waals surface area contributed by atoms with Gasteiger partial charge in [0.2, 0.25) is 10.0 Å². The number of nitrogens with two attached hydrogens (primary N) is 1. The second-order valence-corrected chi connectivity index (χ2v) is 7.04. The highest BCUT2D eigenvalue weighted by atomic mass is 32.2. The Morgan fingerprint density at radius 3 is 2.86 bits per heavy atom. The van der Waals surface area contributed by atoms with Crippen LogP contribution in [-0.4, -0.2) is 27.7 Å². The highest BCUT2D eigenvalue weighted by Crippen LogP contribution is 2.20. The van der Waals surface area contributed by atoms with Crippen LogP contribution in [0.4, 0.5) is 0 Å². The van der Waals surface area contributed by atoms with Crippen molar-refractivity contribution in [3.05, 3.63) is 29.8 Å². The van der Waals surface area contributed by atoms with E-state index < -0.39 is 10.0 Å². The van der Waals surface area contributed by atoms with Crippen LogP contribution < -0.4 is 10.5 Å². The average Bonchev–Trinajstić information content (AvgIpc) is 2.48. The van der Waals surface area contributed by atoms with Crippen LogP contribution in [0.1, 0.15) is 44.2 Å². The third kappa shape index (κ3) is 4.78. The summed E-state index contributed by atoms with van der Waals surface area (Å²) in [4.78, 5) is 0.161. The van der Waals surface area contributed by atoms with Gasteiger partial charge in [-0.3, -0.25) is 0 Å². The summed E-state index contributed by atoms with van der Waals surface area (Å²) < 4.78 is 28.6. The van der Waals surface area contributed by atoms with Crippen LogP contribution in [0.2, 0.25) is 0 Å². The molecule has 1 aliphatic heterocycles. The molecular weight excluding hydrogens is 288 g/mol. The molecule has 0 radical (unpaired) electrons. The van der Waals surface area contributed by atoms with Gasteiger partial charge in [-0.05, 0) is 43.4 Å². The summed E-state index contributed by atoms with van der Waals surface area (Å²) in [5.74, 6) is 0. The lowest BCUT2D eigenvalue weighted by Gasteiger charge is -2.26. The van der Waals surface area contributed by atoms with Crippen molar-refractivity contribution in [1.29, 1.82) is 0 Å². The molecule has 21 heavy (non-hydrogen) atoms. The first-order chi connectivity index (χ1) is 10.0. The second kappa shape index (κ2) is 7.35. The maximum Gasteiger partial charge on any atom is 0.238 e. The average molecular weight is 312 g/mol. The first-order valence-electron chi connectivity index (χ1n) is 7.48. The number of benzene rings is 1. The van der Waals surface area contributed by atoms with Crippen LogP contribution in [0.15, 0.2) is 29.2 Å². The van der Waals surface area contributed by atoms with E-state index in [-0.39, 0.29) is 17.0 Å². The summed E-state index contributed by atoms with van der Waals surface area (Å²) >= 11 is 0. The highest BCUT2D eigenvalue weighted by Gasteiger charge is 2.17. The molecule has 2 rings (SSSR count). The molecule has 1 saturated heterocycles. The van der Waals surface area contributed by atoms with Gasteiger partial charge < -0.3 is 10.1 Å². The van der Waals surface area contributed by atoms with Gasteiger partial charge in [-0.2, -0.15) is 0 Å². The molecule has 0 bridgehead atoms. The van der Waals surface area contributed by atoms with Crippen molar-refractivity contribution >= 4 is 10.0 Å². The topological polar surface area (TPSA) is 81.4 Å². The van der Waals surface area contributed by atoms with E-state index in [0.29, 0.717) is 0 Å². The minimum absolute atomic E-state index is 0.109. The Kier molecular flexibility index (Phi) is 5.75. The molecule has 0 aromatic heterocycles. The van der Waals surface area contributed by atoms with Gasteiger partial charge in [0.25, 0.3) is 0 Å². The fourth-order valence-electron chi connectivity index (χ4n) is 2.65. The van der Waals surface area contributed by atoms with E-state index in [9.17, 15) is 8.42 Å². The zero-order valence-corrected chi connectivity index (χ0v) is 13.2. The van der Waals surface area contributed by atoms with Crippen LogP contribution in [0.3, 0.4) is 0 Å². The number of nitrogens with one attached hydrogen (secondary N) is 1. The van der Waals surface area contributed by atoms with Crippen LogP contribution in [0.25, 0.3) is 0 Å². The van der Waals surface area contributed by atoms with Crippen molar-refractivity contribution in [2.45, 2.75) is 49.6 Å². The molecule has 0 saturated carbocycles. The highest BCUT2D eigenvalue weighted by molar-refractivity contribution is 7.89. The van der Waals surface area contributed by atoms with E-state index >= 15 is 0 Å². The van der Waals surface area contributed by atoms with E-state index in [1.54, 1.807) is 12.1 Å². The SMILES string of the molecule is CC[C@H](NC[C@@H]1CCCCO1)c1cccc(S(N)(=O)=O)c1. The molecule has 1 aromatic carbocycles. The zero-order chi connectivity index (χ0) is 15.3. The Hall–Kier alpha value is -0.950. The van der Waals surface area contributed by atoms with E-state index in [2.05, 4.69) is 12.2 Å². The maximum atomic E-state index is 11.4. The van der Waals surface area contributed by atoms with Crippen molar-refractivity contribution in [2.75, 3.05) is 13.2 Å². The normalized spacial score (nSPS) is 21.1. The first kappa shape index (κ1) is 16.4. The standard InChI is InChI=1S/C15H24N2O3S/c1-2-15(17-11-13-7-3-4-9-20-13)12-6-5-8-14(10-12)21(16,18)19/h5-6,8,10,13,15,17H,2-4,7,9,11H2,1H3,(H2,16,18,19)/t13-,15-/m0/s1. The molecule has 0 aliphatic carbocycles. The van der Waals surface area contributed by atoms with Crippen LogP contribution >= 0.6 is 0 Å². The molecule has 0 spiro atoms. The molecule has 1 aliphatic rings. The van der Waals surface area contributed by atoms with Crippen molar-refractivity contribution in [3.8, 4) is 0 Å². The first-order valence-corrected chi connectivity index (χ1v) is 9.03. The van der Waals surface area contributed by atoms with E-state index in [0.717, 1.165) is 38.0 Å². The summed E-state index contributed by atoms with van der Waals surface area (Å²) in [6, 6.07) is 6.94. The molecule has 2 atom stereocenters. The molecule has 5 nitrogen and oxygen atoms in total. The molecule has 1 fully saturated rings. The number of hydrogen-bond acceptors (Lipinski definition) is 4. The molecule has 118 valence electrons. The van der Waals surface area contributed by atoms with Gasteiger partial charge in [-0.25, -0.2) is 13.6 Å². The van der Waals surface area contributed by atoms with E-state index in [1.165, 1.54) is 12.5 Å². The Morgan fingerprint density at radius 2 is 2.24 bits per heavy atom. The monoisotopic (exact) mass is 312 g/mol. The van der Waals surface area contributed by atoms with Crippen LogP contribution in [-0.2, 0) is 14.8 Å². The summed E-state index contributed by atoms with van der Waals surface area (Å²) in [5, 5.41) is 8.66. The summed E-state index contributed by atoms with van der Waals surface area (Å²) in [6.07, 6.45) is 4.57. The van der Waals surface area contributed by atoms with Gasteiger partial charge in [0, 0.05) is 19.2 Å². The minimum atomic E-state index is -3.65. The molecular formula is C15H24N2O3S. The summed E-state index contributed by atoms with van der Waals surface area (Å²) in [5.41, 5.74) is 0.944. The molecule has 0 amide bonds. The molecule has 1 heterocycles. The number of sulfonamides is 1. The van der Waals surface area contributed by atoms with Crippen LogP contribution in [0.5, 0.6) is 0 Å². The third-order valence-electron chi connectivity index (χ3n) is 3.86. The second-order valence-electron chi connectivity index (χ2n) is 5.48. The number of hydrogen-bond donors (Lipinski definition) is 2. The zero-order valence-electron chi connectivity index (χ0n) is 12.4. The van der Waals surface area contributed by atoms with Crippen molar-refractivity contribution in [1.82, 2.24) is 5.32 Å². The Labute approximate surface area is 126 Å².